The zero-order chi connectivity index (χ0) is 29.7. The molecule has 218 valence electrons. The number of furan rings is 1. The highest BCUT2D eigenvalue weighted by molar-refractivity contribution is 6.06. The first kappa shape index (κ1) is 26.3. The molecule has 0 spiro atoms. The SMILES string of the molecule is c1ccc(-c2ccccc2-c2ccc(N(c3ccc(C4CC5CCC4C5)cc3)c3ccc4oc5ccccc5c4c3)cc2)cc1. The van der Waals surface area contributed by atoms with E-state index in [-0.39, 0.29) is 0 Å². The van der Waals surface area contributed by atoms with Gasteiger partial charge in [0.15, 0.2) is 0 Å². The number of nitrogens with zero attached hydrogens (tertiary/aromatic N) is 1. The number of hydrogen-bond acceptors (Lipinski definition) is 2. The van der Waals surface area contributed by atoms with Crippen molar-refractivity contribution in [1.82, 2.24) is 0 Å². The molecule has 2 fully saturated rings. The molecule has 0 N–H and O–H groups in total. The molecule has 2 saturated carbocycles. The second kappa shape index (κ2) is 10.8. The summed E-state index contributed by atoms with van der Waals surface area (Å²) in [7, 11) is 0. The lowest BCUT2D eigenvalue weighted by Gasteiger charge is -2.27. The van der Waals surface area contributed by atoms with Gasteiger partial charge in [-0.2, -0.15) is 0 Å². The highest BCUT2D eigenvalue weighted by Gasteiger charge is 2.40. The van der Waals surface area contributed by atoms with Crippen LogP contribution in [-0.2, 0) is 0 Å². The van der Waals surface area contributed by atoms with Crippen LogP contribution in [-0.4, -0.2) is 0 Å². The Morgan fingerprint density at radius 2 is 1.11 bits per heavy atom. The van der Waals surface area contributed by atoms with E-state index in [1.807, 2.05) is 12.1 Å². The summed E-state index contributed by atoms with van der Waals surface area (Å²) in [6.07, 6.45) is 5.63. The Labute approximate surface area is 264 Å². The van der Waals surface area contributed by atoms with Crippen molar-refractivity contribution in [3.63, 3.8) is 0 Å². The third-order valence-corrected chi connectivity index (χ3v) is 10.4. The summed E-state index contributed by atoms with van der Waals surface area (Å²) in [6.45, 7) is 0. The number of rotatable bonds is 6. The molecule has 6 aromatic carbocycles. The van der Waals surface area contributed by atoms with Gasteiger partial charge in [0.2, 0.25) is 0 Å². The van der Waals surface area contributed by atoms with Gasteiger partial charge in [-0.15, -0.1) is 0 Å². The van der Waals surface area contributed by atoms with Crippen molar-refractivity contribution in [2.24, 2.45) is 11.8 Å². The average Bonchev–Trinajstić information content (AvgIpc) is 3.85. The zero-order valence-electron chi connectivity index (χ0n) is 25.3. The number of hydrogen-bond donors (Lipinski definition) is 0. The van der Waals surface area contributed by atoms with Gasteiger partial charge in [0.25, 0.3) is 0 Å². The van der Waals surface area contributed by atoms with Crippen LogP contribution < -0.4 is 4.90 Å². The first-order chi connectivity index (χ1) is 22.3. The average molecular weight is 582 g/mol. The van der Waals surface area contributed by atoms with Crippen molar-refractivity contribution in [2.45, 2.75) is 31.6 Å². The largest absolute Gasteiger partial charge is 0.456 e. The Balaban J connectivity index is 1.13. The van der Waals surface area contributed by atoms with Gasteiger partial charge in [0, 0.05) is 27.8 Å². The lowest BCUT2D eigenvalue weighted by Crippen LogP contribution is -2.11. The van der Waals surface area contributed by atoms with Gasteiger partial charge >= 0.3 is 0 Å². The third-order valence-electron chi connectivity index (χ3n) is 10.4. The Morgan fingerprint density at radius 1 is 0.489 bits per heavy atom. The minimum absolute atomic E-state index is 0.726. The maximum atomic E-state index is 6.19. The molecule has 2 aliphatic carbocycles. The monoisotopic (exact) mass is 581 g/mol. The van der Waals surface area contributed by atoms with E-state index in [0.717, 1.165) is 51.1 Å². The summed E-state index contributed by atoms with van der Waals surface area (Å²) in [4.78, 5) is 2.39. The molecule has 2 bridgehead atoms. The maximum Gasteiger partial charge on any atom is 0.135 e. The van der Waals surface area contributed by atoms with Crippen LogP contribution >= 0.6 is 0 Å². The standard InChI is InChI=1S/C43H35NO/c1-2-8-30(9-3-1)37-10-4-5-11-38(37)31-16-20-34(21-17-31)44(35-22-18-32(19-23-35)40-27-29-14-15-33(40)26-29)36-24-25-43-41(28-36)39-12-6-7-13-42(39)45-43/h1-13,16-25,28-29,33,40H,14-15,26-27H2. The third kappa shape index (κ3) is 4.64. The lowest BCUT2D eigenvalue weighted by molar-refractivity contribution is 0.420. The highest BCUT2D eigenvalue weighted by Crippen LogP contribution is 2.53. The highest BCUT2D eigenvalue weighted by atomic mass is 16.3. The topological polar surface area (TPSA) is 16.4 Å². The van der Waals surface area contributed by atoms with Crippen LogP contribution in [0.1, 0.15) is 37.2 Å². The normalized spacial score (nSPS) is 19.0. The van der Waals surface area contributed by atoms with Gasteiger partial charge in [-0.1, -0.05) is 103 Å². The second-order valence-electron chi connectivity index (χ2n) is 12.9. The van der Waals surface area contributed by atoms with Crippen molar-refractivity contribution in [2.75, 3.05) is 4.90 Å². The van der Waals surface area contributed by atoms with Gasteiger partial charge < -0.3 is 9.32 Å². The summed E-state index contributed by atoms with van der Waals surface area (Å²) in [5, 5.41) is 2.29. The lowest BCUT2D eigenvalue weighted by atomic mass is 9.83. The number of benzene rings is 6. The molecule has 9 rings (SSSR count). The van der Waals surface area contributed by atoms with Gasteiger partial charge in [-0.25, -0.2) is 0 Å². The first-order valence-corrected chi connectivity index (χ1v) is 16.3. The molecule has 1 aromatic heterocycles. The zero-order valence-corrected chi connectivity index (χ0v) is 25.3. The summed E-state index contributed by atoms with van der Waals surface area (Å²) in [6, 6.07) is 52.8. The molecule has 2 aliphatic rings. The van der Waals surface area contributed by atoms with E-state index in [9.17, 15) is 0 Å². The van der Waals surface area contributed by atoms with Crippen molar-refractivity contribution in [3.05, 3.63) is 151 Å². The molecule has 3 atom stereocenters. The summed E-state index contributed by atoms with van der Waals surface area (Å²) in [5.41, 5.74) is 11.7. The van der Waals surface area contributed by atoms with Crippen LogP contribution in [0.5, 0.6) is 0 Å². The molecule has 1 heterocycles. The molecule has 7 aromatic rings. The predicted octanol–water partition coefficient (Wildman–Crippen LogP) is 12.3. The van der Waals surface area contributed by atoms with E-state index in [1.54, 1.807) is 0 Å². The van der Waals surface area contributed by atoms with Crippen LogP contribution in [0.3, 0.4) is 0 Å². The van der Waals surface area contributed by atoms with E-state index < -0.39 is 0 Å². The Bertz CT molecular complexity index is 2120. The van der Waals surface area contributed by atoms with Gasteiger partial charge in [0.05, 0.1) is 0 Å². The van der Waals surface area contributed by atoms with E-state index in [1.165, 1.54) is 59.2 Å². The predicted molar refractivity (Wildman–Crippen MR) is 187 cm³/mol. The minimum Gasteiger partial charge on any atom is -0.456 e. The number of fused-ring (bicyclic) bond motifs is 5. The Hall–Kier alpha value is -5.08. The van der Waals surface area contributed by atoms with Crippen molar-refractivity contribution < 1.29 is 4.42 Å². The van der Waals surface area contributed by atoms with E-state index in [0.29, 0.717) is 0 Å². The molecule has 3 unspecified atom stereocenters. The van der Waals surface area contributed by atoms with E-state index in [4.69, 9.17) is 4.42 Å². The molecule has 0 radical (unpaired) electrons. The molecule has 0 saturated heterocycles. The summed E-state index contributed by atoms with van der Waals surface area (Å²) < 4.78 is 6.19. The van der Waals surface area contributed by atoms with Crippen LogP contribution in [0.2, 0.25) is 0 Å². The van der Waals surface area contributed by atoms with Gasteiger partial charge in [-0.05, 0) is 113 Å². The fraction of sp³-hybridized carbons (Fsp3) is 0.163. The molecule has 45 heavy (non-hydrogen) atoms. The smallest absolute Gasteiger partial charge is 0.135 e. The van der Waals surface area contributed by atoms with E-state index >= 15 is 0 Å². The molecular weight excluding hydrogens is 546 g/mol. The molecule has 2 heteroatoms. The van der Waals surface area contributed by atoms with E-state index in [2.05, 4.69) is 138 Å². The fourth-order valence-corrected chi connectivity index (χ4v) is 8.22. The minimum atomic E-state index is 0.726. The molecular formula is C43H35NO. The van der Waals surface area contributed by atoms with Gasteiger partial charge in [0.1, 0.15) is 11.2 Å². The molecule has 0 aliphatic heterocycles. The summed E-state index contributed by atoms with van der Waals surface area (Å²) >= 11 is 0. The van der Waals surface area contributed by atoms with Crippen molar-refractivity contribution in [1.29, 1.82) is 0 Å². The number of para-hydroxylation sites is 1. The Morgan fingerprint density at radius 3 is 1.82 bits per heavy atom. The Kier molecular flexibility index (Phi) is 6.33. The number of anilines is 3. The van der Waals surface area contributed by atoms with Crippen LogP contribution in [0.15, 0.2) is 150 Å². The van der Waals surface area contributed by atoms with Crippen molar-refractivity contribution >= 4 is 39.0 Å². The quantitative estimate of drug-likeness (QED) is 0.194. The molecule has 0 amide bonds. The van der Waals surface area contributed by atoms with Crippen LogP contribution in [0.4, 0.5) is 17.1 Å². The van der Waals surface area contributed by atoms with Gasteiger partial charge in [-0.3, -0.25) is 0 Å². The second-order valence-corrected chi connectivity index (χ2v) is 12.9. The van der Waals surface area contributed by atoms with Crippen molar-refractivity contribution in [3.8, 4) is 22.3 Å². The van der Waals surface area contributed by atoms with Crippen LogP contribution in [0.25, 0.3) is 44.2 Å². The maximum absolute atomic E-state index is 6.19. The summed E-state index contributed by atoms with van der Waals surface area (Å²) in [5.74, 6) is 2.54. The molecule has 2 nitrogen and oxygen atoms in total. The fourth-order valence-electron chi connectivity index (χ4n) is 8.22. The first-order valence-electron chi connectivity index (χ1n) is 16.3. The van der Waals surface area contributed by atoms with Crippen LogP contribution in [0, 0.1) is 11.8 Å².